The van der Waals surface area contributed by atoms with Crippen LogP contribution in [0.3, 0.4) is 0 Å². The summed E-state index contributed by atoms with van der Waals surface area (Å²) in [6.07, 6.45) is 1.51. The second-order valence-corrected chi connectivity index (χ2v) is 8.36. The van der Waals surface area contributed by atoms with Crippen LogP contribution in [-0.2, 0) is 17.8 Å². The molecule has 1 aliphatic heterocycles. The Hall–Kier alpha value is -3.34. The number of nitrogens with zero attached hydrogens (tertiary/aromatic N) is 2. The lowest BCUT2D eigenvalue weighted by atomic mass is 10.1. The smallest absolute Gasteiger partial charge is 0.223 e. The standard InChI is InChI=1S/C27H32N4O/c1-2-28-27(30-19-24-13-8-12-23-11-6-7-14-25(23)24)29-18-22-17-26(32)31(20-22)16-15-21-9-4-3-5-10-21/h3-14,22H,2,15-20H2,1H3,(H2,28,29,30). The van der Waals surface area contributed by atoms with Gasteiger partial charge in [0.1, 0.15) is 0 Å². The molecule has 0 spiro atoms. The molecule has 0 aliphatic carbocycles. The molecule has 4 rings (SSSR count). The van der Waals surface area contributed by atoms with Gasteiger partial charge in [0.15, 0.2) is 5.96 Å². The summed E-state index contributed by atoms with van der Waals surface area (Å²) in [5.41, 5.74) is 2.49. The summed E-state index contributed by atoms with van der Waals surface area (Å²) in [5.74, 6) is 1.36. The van der Waals surface area contributed by atoms with Crippen molar-refractivity contribution in [3.63, 3.8) is 0 Å². The van der Waals surface area contributed by atoms with Crippen molar-refractivity contribution in [2.45, 2.75) is 26.3 Å². The van der Waals surface area contributed by atoms with Gasteiger partial charge in [-0.05, 0) is 35.2 Å². The van der Waals surface area contributed by atoms with E-state index in [0.717, 1.165) is 38.6 Å². The third-order valence-electron chi connectivity index (χ3n) is 6.00. The predicted octanol–water partition coefficient (Wildman–Crippen LogP) is 3.99. The molecular weight excluding hydrogens is 396 g/mol. The number of rotatable bonds is 8. The molecule has 0 saturated carbocycles. The van der Waals surface area contributed by atoms with Crippen LogP contribution in [0.1, 0.15) is 24.5 Å². The average Bonchev–Trinajstić information content (AvgIpc) is 3.19. The van der Waals surface area contributed by atoms with Crippen LogP contribution in [0.2, 0.25) is 0 Å². The number of carbonyl (C=O) groups is 1. The highest BCUT2D eigenvalue weighted by Crippen LogP contribution is 2.20. The number of benzene rings is 3. The van der Waals surface area contributed by atoms with E-state index in [2.05, 4.69) is 72.2 Å². The zero-order valence-corrected chi connectivity index (χ0v) is 18.8. The fourth-order valence-corrected chi connectivity index (χ4v) is 4.29. The summed E-state index contributed by atoms with van der Waals surface area (Å²) in [4.78, 5) is 19.3. The minimum absolute atomic E-state index is 0.255. The molecule has 0 bridgehead atoms. The van der Waals surface area contributed by atoms with E-state index in [1.807, 2.05) is 23.1 Å². The van der Waals surface area contributed by atoms with Crippen molar-refractivity contribution < 1.29 is 4.79 Å². The molecule has 32 heavy (non-hydrogen) atoms. The molecule has 1 unspecified atom stereocenters. The first-order chi connectivity index (χ1) is 15.7. The minimum Gasteiger partial charge on any atom is -0.357 e. The van der Waals surface area contributed by atoms with Gasteiger partial charge >= 0.3 is 0 Å². The second-order valence-electron chi connectivity index (χ2n) is 8.36. The predicted molar refractivity (Wildman–Crippen MR) is 132 cm³/mol. The maximum absolute atomic E-state index is 12.5. The molecule has 2 N–H and O–H groups in total. The molecule has 3 aromatic carbocycles. The highest BCUT2D eigenvalue weighted by molar-refractivity contribution is 5.86. The first kappa shape index (κ1) is 21.9. The molecule has 1 aliphatic rings. The molecule has 5 nitrogen and oxygen atoms in total. The Morgan fingerprint density at radius 3 is 2.62 bits per heavy atom. The topological polar surface area (TPSA) is 56.7 Å². The monoisotopic (exact) mass is 428 g/mol. The number of nitrogens with one attached hydrogen (secondary N) is 2. The minimum atomic E-state index is 0.255. The average molecular weight is 429 g/mol. The van der Waals surface area contributed by atoms with Crippen molar-refractivity contribution >= 4 is 22.6 Å². The largest absolute Gasteiger partial charge is 0.357 e. The van der Waals surface area contributed by atoms with E-state index in [-0.39, 0.29) is 5.91 Å². The Morgan fingerprint density at radius 2 is 1.78 bits per heavy atom. The van der Waals surface area contributed by atoms with E-state index in [1.165, 1.54) is 21.9 Å². The molecule has 166 valence electrons. The van der Waals surface area contributed by atoms with E-state index < -0.39 is 0 Å². The van der Waals surface area contributed by atoms with Gasteiger partial charge in [0.25, 0.3) is 0 Å². The summed E-state index contributed by atoms with van der Waals surface area (Å²) < 4.78 is 0. The Balaban J connectivity index is 1.32. The number of hydrogen-bond acceptors (Lipinski definition) is 2. The van der Waals surface area contributed by atoms with Gasteiger partial charge in [0.05, 0.1) is 6.54 Å². The molecule has 1 amide bonds. The van der Waals surface area contributed by atoms with Crippen molar-refractivity contribution in [2.24, 2.45) is 10.9 Å². The van der Waals surface area contributed by atoms with Crippen LogP contribution in [0, 0.1) is 5.92 Å². The Kier molecular flexibility index (Phi) is 7.38. The first-order valence-corrected chi connectivity index (χ1v) is 11.5. The van der Waals surface area contributed by atoms with Crippen LogP contribution in [0.4, 0.5) is 0 Å². The highest BCUT2D eigenvalue weighted by atomic mass is 16.2. The van der Waals surface area contributed by atoms with E-state index in [1.54, 1.807) is 0 Å². The van der Waals surface area contributed by atoms with Crippen molar-refractivity contribution in [3.8, 4) is 0 Å². The quantitative estimate of drug-likeness (QED) is 0.421. The van der Waals surface area contributed by atoms with Gasteiger partial charge in [-0.3, -0.25) is 4.79 Å². The van der Waals surface area contributed by atoms with Gasteiger partial charge in [-0.1, -0.05) is 72.8 Å². The van der Waals surface area contributed by atoms with Crippen LogP contribution in [0.15, 0.2) is 77.8 Å². The van der Waals surface area contributed by atoms with E-state index in [4.69, 9.17) is 4.99 Å². The maximum Gasteiger partial charge on any atom is 0.223 e. The van der Waals surface area contributed by atoms with Gasteiger partial charge < -0.3 is 15.5 Å². The summed E-state index contributed by atoms with van der Waals surface area (Å²) in [6, 6.07) is 25.1. The molecule has 3 aromatic rings. The van der Waals surface area contributed by atoms with Gasteiger partial charge in [-0.15, -0.1) is 0 Å². The van der Waals surface area contributed by atoms with Crippen molar-refractivity contribution in [1.29, 1.82) is 0 Å². The van der Waals surface area contributed by atoms with E-state index >= 15 is 0 Å². The van der Waals surface area contributed by atoms with Crippen molar-refractivity contribution in [3.05, 3.63) is 83.9 Å². The SMILES string of the molecule is CCNC(=NCc1cccc2ccccc12)NCC1CC(=O)N(CCc2ccccc2)C1. The molecule has 0 radical (unpaired) electrons. The number of amides is 1. The summed E-state index contributed by atoms with van der Waals surface area (Å²) in [6.45, 7) is 5.82. The lowest BCUT2D eigenvalue weighted by Crippen LogP contribution is -2.40. The molecule has 1 fully saturated rings. The Bertz CT molecular complexity index is 1060. The third-order valence-corrected chi connectivity index (χ3v) is 6.00. The molecule has 1 saturated heterocycles. The fourth-order valence-electron chi connectivity index (χ4n) is 4.29. The number of carbonyl (C=O) groups excluding carboxylic acids is 1. The van der Waals surface area contributed by atoms with E-state index in [9.17, 15) is 4.79 Å². The van der Waals surface area contributed by atoms with Crippen LogP contribution in [-0.4, -0.2) is 42.9 Å². The molecule has 5 heteroatoms. The lowest BCUT2D eigenvalue weighted by molar-refractivity contribution is -0.127. The van der Waals surface area contributed by atoms with Crippen LogP contribution in [0.5, 0.6) is 0 Å². The van der Waals surface area contributed by atoms with Gasteiger partial charge in [-0.25, -0.2) is 4.99 Å². The maximum atomic E-state index is 12.5. The third kappa shape index (κ3) is 5.67. The second kappa shape index (κ2) is 10.8. The molecule has 1 heterocycles. The first-order valence-electron chi connectivity index (χ1n) is 11.5. The number of hydrogen-bond donors (Lipinski definition) is 2. The zero-order chi connectivity index (χ0) is 22.2. The Morgan fingerprint density at radius 1 is 1.00 bits per heavy atom. The normalized spacial score (nSPS) is 16.5. The Labute approximate surface area is 190 Å². The van der Waals surface area contributed by atoms with E-state index in [0.29, 0.717) is 18.9 Å². The van der Waals surface area contributed by atoms with Crippen LogP contribution >= 0.6 is 0 Å². The molecule has 1 atom stereocenters. The summed E-state index contributed by atoms with van der Waals surface area (Å²) >= 11 is 0. The number of fused-ring (bicyclic) bond motifs is 1. The molecule has 0 aromatic heterocycles. The zero-order valence-electron chi connectivity index (χ0n) is 18.8. The van der Waals surface area contributed by atoms with Gasteiger partial charge in [-0.2, -0.15) is 0 Å². The number of aliphatic imine (C=N–C) groups is 1. The lowest BCUT2D eigenvalue weighted by Gasteiger charge is -2.18. The fraction of sp³-hybridized carbons (Fsp3) is 0.333. The van der Waals surface area contributed by atoms with Gasteiger partial charge in [0, 0.05) is 38.5 Å². The number of guanidine groups is 1. The van der Waals surface area contributed by atoms with Crippen LogP contribution < -0.4 is 10.6 Å². The number of likely N-dealkylation sites (tertiary alicyclic amines) is 1. The van der Waals surface area contributed by atoms with Crippen molar-refractivity contribution in [2.75, 3.05) is 26.2 Å². The summed E-state index contributed by atoms with van der Waals surface area (Å²) in [7, 11) is 0. The van der Waals surface area contributed by atoms with Crippen LogP contribution in [0.25, 0.3) is 10.8 Å². The van der Waals surface area contributed by atoms with Gasteiger partial charge in [0.2, 0.25) is 5.91 Å². The van der Waals surface area contributed by atoms with Crippen molar-refractivity contribution in [1.82, 2.24) is 15.5 Å². The summed E-state index contributed by atoms with van der Waals surface area (Å²) in [5, 5.41) is 9.27. The highest BCUT2D eigenvalue weighted by Gasteiger charge is 2.29. The molecular formula is C27H32N4O.